The zero-order valence-corrected chi connectivity index (χ0v) is 28.3. The van der Waals surface area contributed by atoms with Gasteiger partial charge < -0.3 is 41.3 Å². The first-order chi connectivity index (χ1) is 23.9. The van der Waals surface area contributed by atoms with Crippen molar-refractivity contribution in [1.82, 2.24) is 10.6 Å². The molecular formula is C42H40N2O6. The van der Waals surface area contributed by atoms with Crippen LogP contribution in [0.1, 0.15) is 62.0 Å². The smallest absolute Gasteiger partial charge is 0.131 e. The molecule has 8 heteroatoms. The zero-order valence-electron chi connectivity index (χ0n) is 28.3. The maximum Gasteiger partial charge on any atom is 0.131 e. The summed E-state index contributed by atoms with van der Waals surface area (Å²) in [6, 6.07) is 21.0. The molecule has 8 N–H and O–H groups in total. The van der Waals surface area contributed by atoms with Crippen molar-refractivity contribution in [2.75, 3.05) is 0 Å². The molecule has 0 aromatic heterocycles. The molecule has 50 heavy (non-hydrogen) atoms. The van der Waals surface area contributed by atoms with Crippen LogP contribution >= 0.6 is 0 Å². The molecule has 4 unspecified atom stereocenters. The van der Waals surface area contributed by atoms with E-state index in [4.69, 9.17) is 0 Å². The van der Waals surface area contributed by atoms with E-state index >= 15 is 0 Å². The van der Waals surface area contributed by atoms with E-state index in [1.807, 2.05) is 62.4 Å². The molecule has 2 aliphatic heterocycles. The first-order valence-electron chi connectivity index (χ1n) is 17.1. The van der Waals surface area contributed by atoms with Crippen LogP contribution in [0, 0.1) is 0 Å². The maximum absolute atomic E-state index is 12.0. The van der Waals surface area contributed by atoms with Gasteiger partial charge in [0.05, 0.1) is 0 Å². The van der Waals surface area contributed by atoms with Gasteiger partial charge in [-0.2, -0.15) is 0 Å². The average Bonchev–Trinajstić information content (AvgIpc) is 3.06. The molecule has 8 rings (SSSR count). The number of benzene rings is 6. The molecule has 6 aromatic rings. The number of hydrogen-bond acceptors (Lipinski definition) is 8. The molecule has 0 amide bonds. The van der Waals surface area contributed by atoms with Gasteiger partial charge in [0.2, 0.25) is 0 Å². The summed E-state index contributed by atoms with van der Waals surface area (Å²) in [5.74, 6) is -0.205. The zero-order chi connectivity index (χ0) is 35.2. The molecule has 0 bridgehead atoms. The van der Waals surface area contributed by atoms with Crippen molar-refractivity contribution in [2.45, 2.75) is 64.7 Å². The van der Waals surface area contributed by atoms with Gasteiger partial charge in [-0.15, -0.1) is 0 Å². The van der Waals surface area contributed by atoms with E-state index in [1.54, 1.807) is 12.1 Å². The highest BCUT2D eigenvalue weighted by Gasteiger charge is 2.32. The summed E-state index contributed by atoms with van der Waals surface area (Å²) in [5, 5.41) is 78.4. The fourth-order valence-electron chi connectivity index (χ4n) is 8.73. The van der Waals surface area contributed by atoms with Gasteiger partial charge in [-0.1, -0.05) is 48.5 Å². The topological polar surface area (TPSA) is 145 Å². The number of fused-ring (bicyclic) bond motifs is 4. The molecular weight excluding hydrogens is 628 g/mol. The Morgan fingerprint density at radius 3 is 1.20 bits per heavy atom. The second-order valence-electron chi connectivity index (χ2n) is 14.1. The van der Waals surface area contributed by atoms with Gasteiger partial charge in [0.15, 0.2) is 0 Å². The highest BCUT2D eigenvalue weighted by atomic mass is 16.3. The number of aromatic hydroxyl groups is 6. The largest absolute Gasteiger partial charge is 0.507 e. The van der Waals surface area contributed by atoms with Gasteiger partial charge >= 0.3 is 0 Å². The monoisotopic (exact) mass is 668 g/mol. The van der Waals surface area contributed by atoms with E-state index in [0.717, 1.165) is 22.3 Å². The lowest BCUT2D eigenvalue weighted by Gasteiger charge is -2.32. The lowest BCUT2D eigenvalue weighted by atomic mass is 9.81. The SMILES string of the molecule is CC1Cc2c(-c3cc(-c4cc(-c5c(O)cc(O)c6c5CC(C)NC6C)c5ccccc5c4O)c(O)c4ccccc34)c(O)cc(O)c2C(C)N1. The first-order valence-corrected chi connectivity index (χ1v) is 17.1. The number of phenolic OH excluding ortho intramolecular Hbond substituents is 6. The number of hydrogen-bond donors (Lipinski definition) is 8. The van der Waals surface area contributed by atoms with Crippen molar-refractivity contribution >= 4 is 21.5 Å². The third-order valence-corrected chi connectivity index (χ3v) is 10.7. The summed E-state index contributed by atoms with van der Waals surface area (Å²) in [5.41, 5.74) is 6.20. The van der Waals surface area contributed by atoms with Crippen LogP contribution in [0.4, 0.5) is 0 Å². The summed E-state index contributed by atoms with van der Waals surface area (Å²) in [4.78, 5) is 0. The average molecular weight is 669 g/mol. The van der Waals surface area contributed by atoms with Crippen LogP contribution in [0.5, 0.6) is 34.5 Å². The summed E-state index contributed by atoms with van der Waals surface area (Å²) >= 11 is 0. The summed E-state index contributed by atoms with van der Waals surface area (Å²) in [6.45, 7) is 8.10. The van der Waals surface area contributed by atoms with Gasteiger partial charge in [-0.25, -0.2) is 0 Å². The van der Waals surface area contributed by atoms with Crippen LogP contribution in [0.2, 0.25) is 0 Å². The Morgan fingerprint density at radius 1 is 0.460 bits per heavy atom. The van der Waals surface area contributed by atoms with Crippen LogP contribution in [0.3, 0.4) is 0 Å². The predicted octanol–water partition coefficient (Wildman–Crippen LogP) is 8.42. The minimum Gasteiger partial charge on any atom is -0.507 e. The van der Waals surface area contributed by atoms with Gasteiger partial charge in [0, 0.05) is 80.5 Å². The van der Waals surface area contributed by atoms with Crippen molar-refractivity contribution < 1.29 is 30.6 Å². The summed E-state index contributed by atoms with van der Waals surface area (Å²) in [7, 11) is 0. The highest BCUT2D eigenvalue weighted by molar-refractivity contribution is 6.11. The number of rotatable bonds is 3. The Hall–Kier alpha value is -5.44. The highest BCUT2D eigenvalue weighted by Crippen LogP contribution is 2.53. The van der Waals surface area contributed by atoms with Crippen molar-refractivity contribution in [2.24, 2.45) is 0 Å². The molecule has 2 aliphatic rings. The normalized spacial score (nSPS) is 20.2. The molecule has 0 aliphatic carbocycles. The Balaban J connectivity index is 1.47. The fraction of sp³-hybridized carbons (Fsp3) is 0.238. The van der Waals surface area contributed by atoms with Crippen molar-refractivity contribution in [1.29, 1.82) is 0 Å². The van der Waals surface area contributed by atoms with Crippen LogP contribution in [-0.2, 0) is 12.8 Å². The molecule has 0 saturated carbocycles. The molecule has 254 valence electrons. The van der Waals surface area contributed by atoms with E-state index in [9.17, 15) is 30.6 Å². The molecule has 0 fully saturated rings. The van der Waals surface area contributed by atoms with Crippen molar-refractivity contribution in [3.8, 4) is 67.9 Å². The molecule has 0 saturated heterocycles. The van der Waals surface area contributed by atoms with E-state index in [2.05, 4.69) is 24.5 Å². The van der Waals surface area contributed by atoms with Crippen LogP contribution in [0.25, 0.3) is 54.9 Å². The van der Waals surface area contributed by atoms with E-state index in [1.165, 1.54) is 12.1 Å². The third-order valence-electron chi connectivity index (χ3n) is 10.7. The van der Waals surface area contributed by atoms with Crippen molar-refractivity contribution in [3.63, 3.8) is 0 Å². The second kappa shape index (κ2) is 11.6. The van der Waals surface area contributed by atoms with E-state index in [-0.39, 0.29) is 58.7 Å². The Morgan fingerprint density at radius 2 is 0.820 bits per heavy atom. The minimum absolute atomic E-state index is 0.0177. The molecule has 0 radical (unpaired) electrons. The van der Waals surface area contributed by atoms with E-state index < -0.39 is 0 Å². The Bertz CT molecular complexity index is 2220. The lowest BCUT2D eigenvalue weighted by molar-refractivity contribution is 0.401. The van der Waals surface area contributed by atoms with Crippen molar-refractivity contribution in [3.05, 3.63) is 95.1 Å². The van der Waals surface area contributed by atoms with Gasteiger partial charge in [-0.3, -0.25) is 0 Å². The Kier molecular flexibility index (Phi) is 7.36. The van der Waals surface area contributed by atoms with E-state index in [0.29, 0.717) is 67.8 Å². The first kappa shape index (κ1) is 31.8. The minimum atomic E-state index is -0.160. The molecule has 0 spiro atoms. The number of nitrogens with one attached hydrogen (secondary N) is 2. The van der Waals surface area contributed by atoms with Gasteiger partial charge in [0.25, 0.3) is 0 Å². The van der Waals surface area contributed by atoms with Crippen LogP contribution < -0.4 is 10.6 Å². The summed E-state index contributed by atoms with van der Waals surface area (Å²) < 4.78 is 0. The standard InChI is InChI=1S/C42H40N2O6/c1-19-13-31-37(21(3)43-19)33(45)17-35(47)39(31)27-15-29(41(49)25-11-7-5-9-23(25)27)30-16-28(24-10-6-8-12-26(24)42(30)50)40-32-14-20(2)44-22(4)38(32)34(46)18-36(40)48/h5-12,15-22,43-50H,13-14H2,1-4H3. The van der Waals surface area contributed by atoms with Crippen LogP contribution in [-0.4, -0.2) is 42.7 Å². The Labute approximate surface area is 289 Å². The number of phenols is 6. The quantitative estimate of drug-likeness (QED) is 0.0939. The second-order valence-corrected chi connectivity index (χ2v) is 14.1. The van der Waals surface area contributed by atoms with Gasteiger partial charge in [0.1, 0.15) is 34.5 Å². The lowest BCUT2D eigenvalue weighted by Crippen LogP contribution is -2.36. The molecule has 4 atom stereocenters. The predicted molar refractivity (Wildman–Crippen MR) is 197 cm³/mol. The van der Waals surface area contributed by atoms with Crippen LogP contribution in [0.15, 0.2) is 72.8 Å². The van der Waals surface area contributed by atoms with Gasteiger partial charge in [-0.05, 0) is 85.7 Å². The molecule has 2 heterocycles. The maximum atomic E-state index is 12.0. The third kappa shape index (κ3) is 4.74. The molecule has 6 aromatic carbocycles. The molecule has 8 nitrogen and oxygen atoms in total. The summed E-state index contributed by atoms with van der Waals surface area (Å²) in [6.07, 6.45) is 1.12. The fourth-order valence-corrected chi connectivity index (χ4v) is 8.73.